The summed E-state index contributed by atoms with van der Waals surface area (Å²) >= 11 is 0. The summed E-state index contributed by atoms with van der Waals surface area (Å²) in [6.45, 7) is 6.19. The van der Waals surface area contributed by atoms with Crippen molar-refractivity contribution in [3.8, 4) is 0 Å². The first-order valence-electron chi connectivity index (χ1n) is 9.67. The van der Waals surface area contributed by atoms with Crippen LogP contribution in [0.25, 0.3) is 0 Å². The highest BCUT2D eigenvalue weighted by Gasteiger charge is 2.12. The van der Waals surface area contributed by atoms with Crippen molar-refractivity contribution in [3.63, 3.8) is 0 Å². The Labute approximate surface area is 165 Å². The zero-order valence-electron chi connectivity index (χ0n) is 15.4. The van der Waals surface area contributed by atoms with Gasteiger partial charge in [0, 0.05) is 26.7 Å². The Kier molecular flexibility index (Phi) is 12.9. The number of hydrogen-bond acceptors (Lipinski definition) is 3. The van der Waals surface area contributed by atoms with E-state index in [-0.39, 0.29) is 24.0 Å². The Balaban J connectivity index is 0.00000288. The maximum absolute atomic E-state index is 6.00. The van der Waals surface area contributed by atoms with E-state index < -0.39 is 0 Å². The molecule has 2 fully saturated rings. The number of aliphatic imine (C=N–C) groups is 1. The molecule has 0 aromatic heterocycles. The summed E-state index contributed by atoms with van der Waals surface area (Å²) in [6, 6.07) is 0. The molecule has 0 aromatic rings. The molecule has 0 bridgehead atoms. The Morgan fingerprint density at radius 2 is 1.58 bits per heavy atom. The van der Waals surface area contributed by atoms with Crippen molar-refractivity contribution in [1.29, 1.82) is 0 Å². The summed E-state index contributed by atoms with van der Waals surface area (Å²) in [5.74, 6) is 0.895. The van der Waals surface area contributed by atoms with E-state index in [4.69, 9.17) is 4.74 Å². The number of halogens is 1. The van der Waals surface area contributed by atoms with Gasteiger partial charge < -0.3 is 20.3 Å². The van der Waals surface area contributed by atoms with Crippen molar-refractivity contribution in [3.05, 3.63) is 0 Å². The first-order valence-corrected chi connectivity index (χ1v) is 9.67. The van der Waals surface area contributed by atoms with Crippen LogP contribution < -0.4 is 10.6 Å². The smallest absolute Gasteiger partial charge is 0.191 e. The minimum Gasteiger partial charge on any atom is -0.376 e. The Morgan fingerprint density at radius 1 is 0.958 bits per heavy atom. The summed E-state index contributed by atoms with van der Waals surface area (Å²) < 4.78 is 6.00. The van der Waals surface area contributed by atoms with Crippen LogP contribution >= 0.6 is 24.0 Å². The molecular formula is C18H37IN4O. The molecule has 1 heterocycles. The molecule has 142 valence electrons. The van der Waals surface area contributed by atoms with E-state index in [9.17, 15) is 0 Å². The lowest BCUT2D eigenvalue weighted by Gasteiger charge is -2.26. The van der Waals surface area contributed by atoms with Gasteiger partial charge in [-0.2, -0.15) is 0 Å². The highest BCUT2D eigenvalue weighted by atomic mass is 127. The molecule has 0 unspecified atom stereocenters. The third-order valence-corrected chi connectivity index (χ3v) is 4.94. The third-order valence-electron chi connectivity index (χ3n) is 4.94. The normalized spacial score (nSPS) is 21.0. The minimum absolute atomic E-state index is 0. The van der Waals surface area contributed by atoms with E-state index in [2.05, 4.69) is 20.5 Å². The summed E-state index contributed by atoms with van der Waals surface area (Å²) in [6.07, 6.45) is 12.5. The quantitative estimate of drug-likeness (QED) is 0.205. The summed E-state index contributed by atoms with van der Waals surface area (Å²) in [5.41, 5.74) is 0. The highest BCUT2D eigenvalue weighted by molar-refractivity contribution is 14.0. The maximum Gasteiger partial charge on any atom is 0.191 e. The number of piperidine rings is 1. The van der Waals surface area contributed by atoms with Crippen LogP contribution in [0, 0.1) is 0 Å². The van der Waals surface area contributed by atoms with Gasteiger partial charge >= 0.3 is 0 Å². The Hall–Kier alpha value is -0.0800. The molecule has 1 aliphatic heterocycles. The van der Waals surface area contributed by atoms with Gasteiger partial charge in [-0.15, -0.1) is 24.0 Å². The van der Waals surface area contributed by atoms with Gasteiger partial charge in [-0.25, -0.2) is 0 Å². The number of likely N-dealkylation sites (tertiary alicyclic amines) is 1. The van der Waals surface area contributed by atoms with Crippen LogP contribution in [0.5, 0.6) is 0 Å². The van der Waals surface area contributed by atoms with E-state index in [1.165, 1.54) is 70.9 Å². The van der Waals surface area contributed by atoms with Gasteiger partial charge in [0.25, 0.3) is 0 Å². The number of hydrogen-bond donors (Lipinski definition) is 2. The van der Waals surface area contributed by atoms with Crippen molar-refractivity contribution in [1.82, 2.24) is 15.5 Å². The van der Waals surface area contributed by atoms with Crippen molar-refractivity contribution >= 4 is 29.9 Å². The van der Waals surface area contributed by atoms with E-state index in [1.54, 1.807) is 0 Å². The first kappa shape index (κ1) is 22.0. The number of rotatable bonds is 7. The minimum atomic E-state index is 0. The summed E-state index contributed by atoms with van der Waals surface area (Å²) in [7, 11) is 1.84. The van der Waals surface area contributed by atoms with Crippen molar-refractivity contribution in [2.75, 3.05) is 46.4 Å². The molecule has 0 amide bonds. The molecule has 1 saturated carbocycles. The van der Waals surface area contributed by atoms with Crippen LogP contribution in [-0.2, 0) is 4.74 Å². The molecule has 0 atom stereocenters. The molecule has 2 rings (SSSR count). The van der Waals surface area contributed by atoms with E-state index in [1.807, 2.05) is 7.05 Å². The molecular weight excluding hydrogens is 415 g/mol. The molecule has 0 aromatic carbocycles. The summed E-state index contributed by atoms with van der Waals surface area (Å²) in [4.78, 5) is 6.83. The lowest BCUT2D eigenvalue weighted by atomic mass is 10.1. The number of ether oxygens (including phenoxy) is 1. The van der Waals surface area contributed by atoms with Crippen LogP contribution in [0.4, 0.5) is 0 Å². The SMILES string of the molecule is CN=C(NCCOC1CCCCCC1)NCCN1CCCCC1.I. The Morgan fingerprint density at radius 3 is 2.25 bits per heavy atom. The fourth-order valence-corrected chi connectivity index (χ4v) is 3.54. The number of nitrogens with one attached hydrogen (secondary N) is 2. The third kappa shape index (κ3) is 9.42. The standard InChI is InChI=1S/C18H36N4O.HI/c1-19-18(20-11-15-22-13-7-4-8-14-22)21-12-16-23-17-9-5-2-3-6-10-17;/h17H,2-16H2,1H3,(H2,19,20,21);1H. The molecule has 6 heteroatoms. The fraction of sp³-hybridized carbons (Fsp3) is 0.944. The van der Waals surface area contributed by atoms with Gasteiger partial charge in [-0.1, -0.05) is 32.1 Å². The predicted octanol–water partition coefficient (Wildman–Crippen LogP) is 2.99. The Bertz CT molecular complexity index is 327. The number of guanidine groups is 1. The largest absolute Gasteiger partial charge is 0.376 e. The molecule has 24 heavy (non-hydrogen) atoms. The van der Waals surface area contributed by atoms with Crippen molar-refractivity contribution in [2.24, 2.45) is 4.99 Å². The molecule has 1 saturated heterocycles. The van der Waals surface area contributed by atoms with Gasteiger partial charge in [0.15, 0.2) is 5.96 Å². The molecule has 2 N–H and O–H groups in total. The first-order chi connectivity index (χ1) is 11.4. The van der Waals surface area contributed by atoms with E-state index in [0.717, 1.165) is 32.2 Å². The second kappa shape index (κ2) is 14.1. The van der Waals surface area contributed by atoms with Crippen LogP contribution in [0.1, 0.15) is 57.8 Å². The van der Waals surface area contributed by atoms with Crippen molar-refractivity contribution < 1.29 is 4.74 Å². The zero-order chi connectivity index (χ0) is 16.2. The average molecular weight is 452 g/mol. The topological polar surface area (TPSA) is 48.9 Å². The van der Waals surface area contributed by atoms with Crippen LogP contribution in [0.2, 0.25) is 0 Å². The van der Waals surface area contributed by atoms with Crippen molar-refractivity contribution in [2.45, 2.75) is 63.9 Å². The highest BCUT2D eigenvalue weighted by Crippen LogP contribution is 2.19. The molecule has 5 nitrogen and oxygen atoms in total. The van der Waals surface area contributed by atoms with E-state index >= 15 is 0 Å². The number of nitrogens with zero attached hydrogens (tertiary/aromatic N) is 2. The molecule has 2 aliphatic rings. The predicted molar refractivity (Wildman–Crippen MR) is 113 cm³/mol. The fourth-order valence-electron chi connectivity index (χ4n) is 3.54. The lowest BCUT2D eigenvalue weighted by molar-refractivity contribution is 0.0468. The maximum atomic E-state index is 6.00. The van der Waals surface area contributed by atoms with Gasteiger partial charge in [-0.3, -0.25) is 4.99 Å². The lowest BCUT2D eigenvalue weighted by Crippen LogP contribution is -2.43. The average Bonchev–Trinajstić information content (AvgIpc) is 2.87. The second-order valence-electron chi connectivity index (χ2n) is 6.81. The second-order valence-corrected chi connectivity index (χ2v) is 6.81. The van der Waals surface area contributed by atoms with Crippen LogP contribution in [0.15, 0.2) is 4.99 Å². The monoisotopic (exact) mass is 452 g/mol. The van der Waals surface area contributed by atoms with Gasteiger partial charge in [0.05, 0.1) is 12.7 Å². The van der Waals surface area contributed by atoms with Gasteiger partial charge in [0.1, 0.15) is 0 Å². The van der Waals surface area contributed by atoms with E-state index in [0.29, 0.717) is 6.10 Å². The van der Waals surface area contributed by atoms with Crippen LogP contribution in [-0.4, -0.2) is 63.3 Å². The van der Waals surface area contributed by atoms with Gasteiger partial charge in [-0.05, 0) is 38.8 Å². The molecule has 0 radical (unpaired) electrons. The summed E-state index contributed by atoms with van der Waals surface area (Å²) in [5, 5.41) is 6.76. The zero-order valence-corrected chi connectivity index (χ0v) is 17.7. The van der Waals surface area contributed by atoms with Gasteiger partial charge in [0.2, 0.25) is 0 Å². The molecule has 0 spiro atoms. The molecule has 1 aliphatic carbocycles. The van der Waals surface area contributed by atoms with Crippen LogP contribution in [0.3, 0.4) is 0 Å².